The predicted octanol–water partition coefficient (Wildman–Crippen LogP) is 2.87. The second-order valence-electron chi connectivity index (χ2n) is 4.10. The molecule has 0 spiro atoms. The van der Waals surface area contributed by atoms with Gasteiger partial charge in [-0.2, -0.15) is 0 Å². The van der Waals surface area contributed by atoms with E-state index in [1.54, 1.807) is 0 Å². The van der Waals surface area contributed by atoms with Crippen molar-refractivity contribution in [1.82, 2.24) is 5.32 Å². The van der Waals surface area contributed by atoms with Crippen molar-refractivity contribution in [2.45, 2.75) is 45.7 Å². The molecule has 0 saturated heterocycles. The molecule has 0 bridgehead atoms. The van der Waals surface area contributed by atoms with Crippen LogP contribution in [0.15, 0.2) is 12.1 Å². The van der Waals surface area contributed by atoms with Gasteiger partial charge >= 0.3 is 0 Å². The van der Waals surface area contributed by atoms with E-state index >= 15 is 0 Å². The van der Waals surface area contributed by atoms with E-state index in [1.807, 2.05) is 11.3 Å². The molecule has 0 aromatic carbocycles. The molecule has 0 amide bonds. The fourth-order valence-electron chi connectivity index (χ4n) is 1.68. The Hall–Kier alpha value is -0.380. The van der Waals surface area contributed by atoms with E-state index in [0.29, 0.717) is 18.7 Å². The number of hydrogen-bond donors (Lipinski definition) is 2. The summed E-state index contributed by atoms with van der Waals surface area (Å²) in [6.07, 6.45) is 1.91. The first kappa shape index (κ1) is 12.7. The summed E-state index contributed by atoms with van der Waals surface area (Å²) in [5.74, 6) is 0. The van der Waals surface area contributed by atoms with Crippen LogP contribution in [0.4, 0.5) is 0 Å². The van der Waals surface area contributed by atoms with Crippen LogP contribution in [0.5, 0.6) is 0 Å². The van der Waals surface area contributed by atoms with Gasteiger partial charge in [0.05, 0.1) is 0 Å². The molecule has 0 unspecified atom stereocenters. The molecule has 0 radical (unpaired) electrons. The maximum atomic E-state index is 8.74. The molecule has 2 atom stereocenters. The SMILES string of the molecule is Cc1ccc([C@@H](C)N[C@@H](C)CCCO)s1. The zero-order valence-electron chi connectivity index (χ0n) is 9.79. The van der Waals surface area contributed by atoms with Crippen LogP contribution < -0.4 is 5.32 Å². The van der Waals surface area contributed by atoms with Crippen LogP contribution in [0.2, 0.25) is 0 Å². The number of aryl methyl sites for hydroxylation is 1. The normalized spacial score (nSPS) is 15.2. The molecule has 1 heterocycles. The van der Waals surface area contributed by atoms with Gasteiger partial charge in [-0.15, -0.1) is 11.3 Å². The minimum atomic E-state index is 0.290. The number of aliphatic hydroxyl groups excluding tert-OH is 1. The fourth-order valence-corrected chi connectivity index (χ4v) is 2.56. The Morgan fingerprint density at radius 2 is 2.13 bits per heavy atom. The first-order valence-corrected chi connectivity index (χ1v) is 6.38. The van der Waals surface area contributed by atoms with E-state index in [9.17, 15) is 0 Å². The lowest BCUT2D eigenvalue weighted by atomic mass is 10.1. The summed E-state index contributed by atoms with van der Waals surface area (Å²) < 4.78 is 0. The smallest absolute Gasteiger partial charge is 0.0431 e. The first-order valence-electron chi connectivity index (χ1n) is 5.56. The molecular formula is C12H21NOS. The van der Waals surface area contributed by atoms with Gasteiger partial charge in [-0.1, -0.05) is 0 Å². The van der Waals surface area contributed by atoms with Gasteiger partial charge < -0.3 is 10.4 Å². The van der Waals surface area contributed by atoms with Crippen molar-refractivity contribution in [3.63, 3.8) is 0 Å². The van der Waals surface area contributed by atoms with Crippen LogP contribution in [0, 0.1) is 6.92 Å². The quantitative estimate of drug-likeness (QED) is 0.783. The highest BCUT2D eigenvalue weighted by molar-refractivity contribution is 7.12. The molecule has 2 nitrogen and oxygen atoms in total. The molecule has 0 fully saturated rings. The molecular weight excluding hydrogens is 206 g/mol. The molecule has 0 aliphatic carbocycles. The Morgan fingerprint density at radius 3 is 2.67 bits per heavy atom. The largest absolute Gasteiger partial charge is 0.396 e. The van der Waals surface area contributed by atoms with Crippen molar-refractivity contribution >= 4 is 11.3 Å². The van der Waals surface area contributed by atoms with E-state index in [4.69, 9.17) is 5.11 Å². The Labute approximate surface area is 96.3 Å². The Bertz CT molecular complexity index is 285. The van der Waals surface area contributed by atoms with Crippen LogP contribution in [0.1, 0.15) is 42.5 Å². The monoisotopic (exact) mass is 227 g/mol. The number of nitrogens with one attached hydrogen (secondary N) is 1. The number of rotatable bonds is 6. The summed E-state index contributed by atoms with van der Waals surface area (Å²) in [7, 11) is 0. The van der Waals surface area contributed by atoms with Gasteiger partial charge in [0.25, 0.3) is 0 Å². The predicted molar refractivity (Wildman–Crippen MR) is 66.4 cm³/mol. The Balaban J connectivity index is 2.38. The van der Waals surface area contributed by atoms with E-state index in [2.05, 4.69) is 38.2 Å². The van der Waals surface area contributed by atoms with Crippen molar-refractivity contribution in [3.05, 3.63) is 21.9 Å². The minimum Gasteiger partial charge on any atom is -0.396 e. The van der Waals surface area contributed by atoms with E-state index < -0.39 is 0 Å². The zero-order valence-corrected chi connectivity index (χ0v) is 10.6. The summed E-state index contributed by atoms with van der Waals surface area (Å²) >= 11 is 1.85. The van der Waals surface area contributed by atoms with Gasteiger partial charge in [0, 0.05) is 28.4 Å². The lowest BCUT2D eigenvalue weighted by Gasteiger charge is -2.18. The topological polar surface area (TPSA) is 32.3 Å². The van der Waals surface area contributed by atoms with Crippen LogP contribution in [-0.2, 0) is 0 Å². The van der Waals surface area contributed by atoms with Crippen LogP contribution in [-0.4, -0.2) is 17.8 Å². The number of hydrogen-bond acceptors (Lipinski definition) is 3. The van der Waals surface area contributed by atoms with Gasteiger partial charge in [-0.25, -0.2) is 0 Å². The van der Waals surface area contributed by atoms with Gasteiger partial charge in [0.1, 0.15) is 0 Å². The summed E-state index contributed by atoms with van der Waals surface area (Å²) in [6, 6.07) is 5.24. The number of thiophene rings is 1. The highest BCUT2D eigenvalue weighted by atomic mass is 32.1. The molecule has 1 aromatic heterocycles. The fraction of sp³-hybridized carbons (Fsp3) is 0.667. The van der Waals surface area contributed by atoms with Crippen molar-refractivity contribution in [1.29, 1.82) is 0 Å². The highest BCUT2D eigenvalue weighted by Crippen LogP contribution is 2.22. The zero-order chi connectivity index (χ0) is 11.3. The third-order valence-corrected chi connectivity index (χ3v) is 3.70. The second-order valence-corrected chi connectivity index (χ2v) is 5.42. The Morgan fingerprint density at radius 1 is 1.40 bits per heavy atom. The van der Waals surface area contributed by atoms with E-state index in [-0.39, 0.29) is 0 Å². The van der Waals surface area contributed by atoms with Crippen molar-refractivity contribution in [2.24, 2.45) is 0 Å². The van der Waals surface area contributed by atoms with Gasteiger partial charge in [0.2, 0.25) is 0 Å². The van der Waals surface area contributed by atoms with Crippen LogP contribution >= 0.6 is 11.3 Å². The molecule has 0 saturated carbocycles. The Kier molecular flexibility index (Phi) is 5.29. The van der Waals surface area contributed by atoms with Crippen molar-refractivity contribution in [2.75, 3.05) is 6.61 Å². The summed E-state index contributed by atoms with van der Waals surface area (Å²) in [6.45, 7) is 6.79. The maximum Gasteiger partial charge on any atom is 0.0431 e. The van der Waals surface area contributed by atoms with E-state index in [0.717, 1.165) is 12.8 Å². The minimum absolute atomic E-state index is 0.290. The second kappa shape index (κ2) is 6.26. The van der Waals surface area contributed by atoms with Crippen LogP contribution in [0.25, 0.3) is 0 Å². The summed E-state index contributed by atoms with van der Waals surface area (Å²) in [4.78, 5) is 2.75. The third-order valence-electron chi connectivity index (χ3n) is 2.52. The molecule has 1 rings (SSSR count). The first-order chi connectivity index (χ1) is 7.13. The molecule has 86 valence electrons. The van der Waals surface area contributed by atoms with Crippen LogP contribution in [0.3, 0.4) is 0 Å². The molecule has 15 heavy (non-hydrogen) atoms. The third kappa shape index (κ3) is 4.33. The molecule has 0 aliphatic rings. The number of aliphatic hydroxyl groups is 1. The molecule has 0 aliphatic heterocycles. The van der Waals surface area contributed by atoms with Crippen molar-refractivity contribution in [3.8, 4) is 0 Å². The average Bonchev–Trinajstić information content (AvgIpc) is 2.61. The lowest BCUT2D eigenvalue weighted by molar-refractivity contribution is 0.274. The van der Waals surface area contributed by atoms with Gasteiger partial charge in [-0.05, 0) is 45.7 Å². The molecule has 3 heteroatoms. The average molecular weight is 227 g/mol. The highest BCUT2D eigenvalue weighted by Gasteiger charge is 2.10. The molecule has 1 aromatic rings. The molecule has 2 N–H and O–H groups in total. The van der Waals surface area contributed by atoms with Crippen molar-refractivity contribution < 1.29 is 5.11 Å². The lowest BCUT2D eigenvalue weighted by Crippen LogP contribution is -2.28. The van der Waals surface area contributed by atoms with Gasteiger partial charge in [0.15, 0.2) is 0 Å². The standard InChI is InChI=1S/C12H21NOS/c1-9(5-4-8-14)13-11(3)12-7-6-10(2)15-12/h6-7,9,11,13-14H,4-5,8H2,1-3H3/t9-,11+/m0/s1. The summed E-state index contributed by atoms with van der Waals surface area (Å²) in [5.41, 5.74) is 0. The summed E-state index contributed by atoms with van der Waals surface area (Å²) in [5, 5.41) is 12.3. The maximum absolute atomic E-state index is 8.74. The van der Waals surface area contributed by atoms with E-state index in [1.165, 1.54) is 9.75 Å². The van der Waals surface area contributed by atoms with Gasteiger partial charge in [-0.3, -0.25) is 0 Å².